The van der Waals surface area contributed by atoms with Crippen molar-refractivity contribution in [3.8, 4) is 5.75 Å². The van der Waals surface area contributed by atoms with Crippen LogP contribution in [-0.4, -0.2) is 26.4 Å². The van der Waals surface area contributed by atoms with Crippen molar-refractivity contribution in [1.29, 1.82) is 0 Å². The van der Waals surface area contributed by atoms with E-state index in [2.05, 4.69) is 15.5 Å². The second-order valence-electron chi connectivity index (χ2n) is 6.30. The van der Waals surface area contributed by atoms with Gasteiger partial charge < -0.3 is 14.6 Å². The molecule has 0 aliphatic rings. The first kappa shape index (κ1) is 19.9. The quantitative estimate of drug-likeness (QED) is 0.610. The average Bonchev–Trinajstić information content (AvgIpc) is 3.02. The highest BCUT2D eigenvalue weighted by Gasteiger charge is 2.13. The lowest BCUT2D eigenvalue weighted by molar-refractivity contribution is -0.113. The molecule has 3 rings (SSSR count). The van der Waals surface area contributed by atoms with Crippen molar-refractivity contribution in [2.24, 2.45) is 7.05 Å². The molecule has 1 N–H and O–H groups in total. The van der Waals surface area contributed by atoms with Crippen molar-refractivity contribution >= 4 is 23.4 Å². The summed E-state index contributed by atoms with van der Waals surface area (Å²) in [5.74, 6) is 0.963. The molecular weight excluding hydrogens is 379 g/mol. The largest absolute Gasteiger partial charge is 0.486 e. The first-order chi connectivity index (χ1) is 13.4. The van der Waals surface area contributed by atoms with Crippen LogP contribution >= 0.6 is 11.8 Å². The van der Waals surface area contributed by atoms with Gasteiger partial charge in [0.25, 0.3) is 0 Å². The normalized spacial score (nSPS) is 10.7. The van der Waals surface area contributed by atoms with Gasteiger partial charge in [-0.2, -0.15) is 0 Å². The van der Waals surface area contributed by atoms with Crippen molar-refractivity contribution in [3.63, 3.8) is 0 Å². The number of carbonyl (C=O) groups is 1. The minimum absolute atomic E-state index is 0.102. The van der Waals surface area contributed by atoms with E-state index in [-0.39, 0.29) is 24.1 Å². The van der Waals surface area contributed by atoms with Gasteiger partial charge in [0, 0.05) is 12.7 Å². The molecular formula is C20H21FN4O2S. The second-order valence-corrected chi connectivity index (χ2v) is 7.25. The fraction of sp³-hybridized carbons (Fsp3) is 0.250. The van der Waals surface area contributed by atoms with Gasteiger partial charge in [-0.05, 0) is 49.2 Å². The summed E-state index contributed by atoms with van der Waals surface area (Å²) < 4.78 is 20.3. The number of amides is 1. The highest BCUT2D eigenvalue weighted by Crippen LogP contribution is 2.21. The summed E-state index contributed by atoms with van der Waals surface area (Å²) in [5.41, 5.74) is 2.90. The van der Waals surface area contributed by atoms with Crippen molar-refractivity contribution < 1.29 is 13.9 Å². The van der Waals surface area contributed by atoms with Crippen LogP contribution in [-0.2, 0) is 18.4 Å². The first-order valence-corrected chi connectivity index (χ1v) is 9.68. The number of para-hydroxylation sites is 1. The number of ether oxygens (including phenoxy) is 1. The van der Waals surface area contributed by atoms with Gasteiger partial charge in [-0.1, -0.05) is 30.0 Å². The van der Waals surface area contributed by atoms with E-state index in [1.165, 1.54) is 23.9 Å². The molecule has 1 aromatic heterocycles. The van der Waals surface area contributed by atoms with Crippen LogP contribution in [0.3, 0.4) is 0 Å². The average molecular weight is 400 g/mol. The number of rotatable bonds is 7. The highest BCUT2D eigenvalue weighted by molar-refractivity contribution is 7.99. The topological polar surface area (TPSA) is 69.0 Å². The number of anilines is 1. The van der Waals surface area contributed by atoms with Crippen LogP contribution in [0.5, 0.6) is 5.75 Å². The lowest BCUT2D eigenvalue weighted by atomic mass is 10.1. The lowest BCUT2D eigenvalue weighted by Gasteiger charge is -2.11. The van der Waals surface area contributed by atoms with E-state index in [1.807, 2.05) is 39.1 Å². The Labute approximate surface area is 167 Å². The zero-order valence-electron chi connectivity index (χ0n) is 15.9. The van der Waals surface area contributed by atoms with Crippen LogP contribution in [0.4, 0.5) is 10.1 Å². The molecule has 0 saturated carbocycles. The van der Waals surface area contributed by atoms with Gasteiger partial charge in [-0.25, -0.2) is 4.39 Å². The molecule has 0 aliphatic heterocycles. The van der Waals surface area contributed by atoms with E-state index in [9.17, 15) is 9.18 Å². The number of carbonyl (C=O) groups excluding carboxylic acids is 1. The Morgan fingerprint density at radius 1 is 1.14 bits per heavy atom. The molecule has 1 amide bonds. The van der Waals surface area contributed by atoms with E-state index in [1.54, 1.807) is 16.7 Å². The number of aryl methyl sites for hydroxylation is 2. The fourth-order valence-corrected chi connectivity index (χ4v) is 3.32. The highest BCUT2D eigenvalue weighted by atomic mass is 32.2. The monoisotopic (exact) mass is 400 g/mol. The Morgan fingerprint density at radius 2 is 1.82 bits per heavy atom. The lowest BCUT2D eigenvalue weighted by Crippen LogP contribution is -2.16. The maximum atomic E-state index is 12.9. The van der Waals surface area contributed by atoms with Crippen molar-refractivity contribution in [3.05, 3.63) is 65.2 Å². The molecule has 1 heterocycles. The van der Waals surface area contributed by atoms with Gasteiger partial charge in [0.2, 0.25) is 5.91 Å². The predicted octanol–water partition coefficient (Wildman–Crippen LogP) is 3.88. The molecule has 0 aliphatic carbocycles. The summed E-state index contributed by atoms with van der Waals surface area (Å²) in [4.78, 5) is 12.3. The molecule has 0 unspecified atom stereocenters. The van der Waals surface area contributed by atoms with Gasteiger partial charge in [-0.3, -0.25) is 4.79 Å². The standard InChI is InChI=1S/C20H21FN4O2S/c1-13-5-4-6-14(2)19(13)22-18(26)12-28-20-24-23-17(25(20)3)11-27-16-9-7-15(21)8-10-16/h4-10H,11-12H2,1-3H3,(H,22,26). The number of halogens is 1. The molecule has 0 spiro atoms. The number of aromatic nitrogens is 3. The van der Waals surface area contributed by atoms with Crippen LogP contribution in [0.2, 0.25) is 0 Å². The molecule has 3 aromatic rings. The number of benzene rings is 2. The smallest absolute Gasteiger partial charge is 0.234 e. The third-order valence-corrected chi connectivity index (χ3v) is 5.20. The van der Waals surface area contributed by atoms with Crippen LogP contribution in [0, 0.1) is 19.7 Å². The van der Waals surface area contributed by atoms with E-state index in [0.29, 0.717) is 16.7 Å². The summed E-state index contributed by atoms with van der Waals surface area (Å²) in [6.07, 6.45) is 0. The molecule has 6 nitrogen and oxygen atoms in total. The van der Waals surface area contributed by atoms with E-state index >= 15 is 0 Å². The number of hydrogen-bond acceptors (Lipinski definition) is 5. The maximum absolute atomic E-state index is 12.9. The maximum Gasteiger partial charge on any atom is 0.234 e. The van der Waals surface area contributed by atoms with Gasteiger partial charge in [-0.15, -0.1) is 10.2 Å². The predicted molar refractivity (Wildman–Crippen MR) is 107 cm³/mol. The van der Waals surface area contributed by atoms with Gasteiger partial charge in [0.15, 0.2) is 11.0 Å². The summed E-state index contributed by atoms with van der Waals surface area (Å²) in [5, 5.41) is 11.8. The Hall–Kier alpha value is -2.87. The number of nitrogens with zero attached hydrogens (tertiary/aromatic N) is 3. The zero-order valence-corrected chi connectivity index (χ0v) is 16.7. The minimum atomic E-state index is -0.316. The van der Waals surface area contributed by atoms with E-state index in [4.69, 9.17) is 4.74 Å². The number of hydrogen-bond donors (Lipinski definition) is 1. The summed E-state index contributed by atoms with van der Waals surface area (Å²) in [6, 6.07) is 11.7. The molecule has 2 aromatic carbocycles. The zero-order chi connectivity index (χ0) is 20.1. The van der Waals surface area contributed by atoms with Crippen LogP contribution in [0.1, 0.15) is 17.0 Å². The molecule has 0 atom stereocenters. The molecule has 0 saturated heterocycles. The Balaban J connectivity index is 1.55. The van der Waals surface area contributed by atoms with E-state index in [0.717, 1.165) is 16.8 Å². The van der Waals surface area contributed by atoms with E-state index < -0.39 is 0 Å². The van der Waals surface area contributed by atoms with Crippen molar-refractivity contribution in [1.82, 2.24) is 14.8 Å². The molecule has 146 valence electrons. The SMILES string of the molecule is Cc1cccc(C)c1NC(=O)CSc1nnc(COc2ccc(F)cc2)n1C. The number of thioether (sulfide) groups is 1. The van der Waals surface area contributed by atoms with Gasteiger partial charge >= 0.3 is 0 Å². The Bertz CT molecular complexity index is 953. The molecule has 28 heavy (non-hydrogen) atoms. The summed E-state index contributed by atoms with van der Waals surface area (Å²) >= 11 is 1.30. The van der Waals surface area contributed by atoms with Crippen molar-refractivity contribution in [2.45, 2.75) is 25.6 Å². The first-order valence-electron chi connectivity index (χ1n) is 8.69. The fourth-order valence-electron chi connectivity index (χ4n) is 2.59. The second kappa shape index (κ2) is 8.88. The molecule has 0 bridgehead atoms. The number of nitrogens with one attached hydrogen (secondary N) is 1. The van der Waals surface area contributed by atoms with Crippen LogP contribution in [0.15, 0.2) is 47.6 Å². The van der Waals surface area contributed by atoms with Crippen molar-refractivity contribution in [2.75, 3.05) is 11.1 Å². The Kier molecular flexibility index (Phi) is 6.30. The molecule has 0 fully saturated rings. The van der Waals surface area contributed by atoms with Gasteiger partial charge in [0.05, 0.1) is 5.75 Å². The third-order valence-electron chi connectivity index (χ3n) is 4.18. The van der Waals surface area contributed by atoms with Crippen LogP contribution in [0.25, 0.3) is 0 Å². The van der Waals surface area contributed by atoms with Gasteiger partial charge in [0.1, 0.15) is 18.2 Å². The summed E-state index contributed by atoms with van der Waals surface area (Å²) in [7, 11) is 1.81. The third kappa shape index (κ3) is 4.89. The Morgan fingerprint density at radius 3 is 2.50 bits per heavy atom. The minimum Gasteiger partial charge on any atom is -0.486 e. The summed E-state index contributed by atoms with van der Waals surface area (Å²) in [6.45, 7) is 4.13. The van der Waals surface area contributed by atoms with Crippen LogP contribution < -0.4 is 10.1 Å². The molecule has 0 radical (unpaired) electrons. The molecule has 8 heteroatoms.